The molecular weight excluding hydrogens is 444 g/mol. The van der Waals surface area contributed by atoms with Gasteiger partial charge in [0.05, 0.1) is 5.57 Å². The Bertz CT molecular complexity index is 287. The molecule has 0 aromatic carbocycles. The minimum atomic E-state index is -3.33. The van der Waals surface area contributed by atoms with E-state index < -0.39 is 22.8 Å². The van der Waals surface area contributed by atoms with Gasteiger partial charge in [-0.15, -0.1) is 0 Å². The van der Waals surface area contributed by atoms with Crippen LogP contribution in [-0.2, 0) is 8.85 Å². The van der Waals surface area contributed by atoms with Gasteiger partial charge in [0.15, 0.2) is 3.83 Å². The fourth-order valence-corrected chi connectivity index (χ4v) is 5.14. The molecule has 0 spiro atoms. The third kappa shape index (κ3) is 6.87. The van der Waals surface area contributed by atoms with E-state index in [0.29, 0.717) is 19.3 Å². The molecule has 0 aliphatic heterocycles. The topological polar surface area (TPSA) is 18.5 Å². The number of hydrogen-bond donors (Lipinski definition) is 0. The van der Waals surface area contributed by atoms with Gasteiger partial charge in [-0.1, -0.05) is 0 Å². The number of alkyl halides is 3. The molecule has 18 heavy (non-hydrogen) atoms. The first-order valence-electron chi connectivity index (χ1n) is 5.55. The molecule has 108 valence electrons. The average molecular weight is 461 g/mol. The summed E-state index contributed by atoms with van der Waals surface area (Å²) in [5.74, 6) is 0. The molecule has 0 aliphatic carbocycles. The fourth-order valence-electron chi connectivity index (χ4n) is 1.49. The van der Waals surface area contributed by atoms with Gasteiger partial charge in [-0.3, -0.25) is 0 Å². The SMILES string of the molecule is CCO[Si](C)(CC/C(=C(/F)I)C(F)(F)Br)OCC. The lowest BCUT2D eigenvalue weighted by Gasteiger charge is -2.26. The molecule has 0 bridgehead atoms. The van der Waals surface area contributed by atoms with Crippen molar-refractivity contribution in [3.8, 4) is 0 Å². The van der Waals surface area contributed by atoms with Crippen molar-refractivity contribution in [2.24, 2.45) is 0 Å². The molecule has 0 aliphatic rings. The van der Waals surface area contributed by atoms with E-state index in [2.05, 4.69) is 15.9 Å². The van der Waals surface area contributed by atoms with Crippen molar-refractivity contribution >= 4 is 47.1 Å². The summed E-state index contributed by atoms with van der Waals surface area (Å²) in [7, 11) is -2.50. The number of allylic oxidation sites excluding steroid dienone is 1. The fraction of sp³-hybridized carbons (Fsp3) is 0.800. The van der Waals surface area contributed by atoms with Crippen molar-refractivity contribution in [3.05, 3.63) is 9.41 Å². The van der Waals surface area contributed by atoms with Crippen LogP contribution in [0.3, 0.4) is 0 Å². The Kier molecular flexibility index (Phi) is 8.63. The second-order valence-electron chi connectivity index (χ2n) is 3.74. The van der Waals surface area contributed by atoms with E-state index in [1.807, 2.05) is 13.8 Å². The Morgan fingerprint density at radius 3 is 2.00 bits per heavy atom. The summed E-state index contributed by atoms with van der Waals surface area (Å²) in [4.78, 5) is -3.33. The molecule has 0 atom stereocenters. The van der Waals surface area contributed by atoms with Gasteiger partial charge in [0.1, 0.15) is 0 Å². The van der Waals surface area contributed by atoms with E-state index in [0.717, 1.165) is 0 Å². The van der Waals surface area contributed by atoms with Crippen LogP contribution in [0.15, 0.2) is 9.41 Å². The molecule has 0 heterocycles. The molecule has 0 aromatic rings. The third-order valence-electron chi connectivity index (χ3n) is 2.30. The van der Waals surface area contributed by atoms with Crippen molar-refractivity contribution in [2.75, 3.05) is 13.2 Å². The van der Waals surface area contributed by atoms with E-state index in [-0.39, 0.29) is 6.42 Å². The van der Waals surface area contributed by atoms with Gasteiger partial charge in [-0.25, -0.2) is 0 Å². The van der Waals surface area contributed by atoms with Crippen LogP contribution in [0.2, 0.25) is 12.6 Å². The molecule has 0 N–H and O–H groups in total. The molecular formula is C10H17BrF3IO2Si. The largest absolute Gasteiger partial charge is 0.395 e. The zero-order valence-corrected chi connectivity index (χ0v) is 15.3. The highest BCUT2D eigenvalue weighted by atomic mass is 127. The summed E-state index contributed by atoms with van der Waals surface area (Å²) < 4.78 is 49.5. The van der Waals surface area contributed by atoms with E-state index in [1.54, 1.807) is 6.55 Å². The summed E-state index contributed by atoms with van der Waals surface area (Å²) in [6, 6.07) is 0.293. The Hall–Kier alpha value is 0.877. The molecule has 0 saturated carbocycles. The molecule has 0 unspecified atom stereocenters. The predicted molar refractivity (Wildman–Crippen MR) is 80.3 cm³/mol. The highest BCUT2D eigenvalue weighted by molar-refractivity contribution is 14.1. The minimum Gasteiger partial charge on any atom is -0.395 e. The molecule has 0 amide bonds. The Morgan fingerprint density at radius 1 is 1.28 bits per heavy atom. The van der Waals surface area contributed by atoms with E-state index in [4.69, 9.17) is 8.85 Å². The van der Waals surface area contributed by atoms with Crippen LogP contribution in [0.5, 0.6) is 0 Å². The molecule has 0 rings (SSSR count). The number of hydrogen-bond acceptors (Lipinski definition) is 2. The van der Waals surface area contributed by atoms with E-state index in [9.17, 15) is 13.2 Å². The molecule has 0 radical (unpaired) electrons. The lowest BCUT2D eigenvalue weighted by molar-refractivity contribution is 0.148. The first-order valence-corrected chi connectivity index (χ1v) is 9.95. The zero-order valence-electron chi connectivity index (χ0n) is 10.5. The predicted octanol–water partition coefficient (Wildman–Crippen LogP) is 5.13. The third-order valence-corrected chi connectivity index (χ3v) is 6.39. The van der Waals surface area contributed by atoms with Gasteiger partial charge in [0.2, 0.25) is 0 Å². The van der Waals surface area contributed by atoms with Gasteiger partial charge in [0, 0.05) is 13.2 Å². The first kappa shape index (κ1) is 18.9. The normalized spacial score (nSPS) is 14.7. The lowest BCUT2D eigenvalue weighted by Crippen LogP contribution is -2.39. The van der Waals surface area contributed by atoms with Crippen molar-refractivity contribution in [2.45, 2.75) is 37.7 Å². The Balaban J connectivity index is 4.74. The zero-order chi connectivity index (χ0) is 14.4. The quantitative estimate of drug-likeness (QED) is 0.284. The summed E-state index contributed by atoms with van der Waals surface area (Å²) in [6.07, 6.45) is -0.0876. The van der Waals surface area contributed by atoms with Crippen LogP contribution in [0, 0.1) is 0 Å². The van der Waals surface area contributed by atoms with Gasteiger partial charge < -0.3 is 8.85 Å². The molecule has 0 fully saturated rings. The van der Waals surface area contributed by atoms with Crippen molar-refractivity contribution < 1.29 is 22.0 Å². The molecule has 8 heteroatoms. The summed E-state index contributed by atoms with van der Waals surface area (Å²) in [5.41, 5.74) is -0.554. The van der Waals surface area contributed by atoms with Crippen LogP contribution in [-0.4, -0.2) is 26.6 Å². The van der Waals surface area contributed by atoms with Crippen LogP contribution in [0.4, 0.5) is 13.2 Å². The average Bonchev–Trinajstić information content (AvgIpc) is 2.15. The number of halogens is 5. The standard InChI is InChI=1S/C10H17BrF3IO2Si/c1-4-16-18(3,17-5-2)7-6-8(9(12)15)10(11,13)14/h4-7H2,1-3H3/b9-8+. The minimum absolute atomic E-state index is 0.0876. The van der Waals surface area contributed by atoms with Crippen LogP contribution >= 0.6 is 38.5 Å². The smallest absolute Gasteiger partial charge is 0.335 e. The van der Waals surface area contributed by atoms with Gasteiger partial charge in [0.25, 0.3) is 0 Å². The summed E-state index contributed by atoms with van der Waals surface area (Å²) in [5, 5.41) is 0. The summed E-state index contributed by atoms with van der Waals surface area (Å²) in [6.45, 7) is 6.35. The maximum atomic E-state index is 13.1. The summed E-state index contributed by atoms with van der Waals surface area (Å²) >= 11 is 3.45. The molecule has 0 aromatic heterocycles. The van der Waals surface area contributed by atoms with Crippen molar-refractivity contribution in [1.82, 2.24) is 0 Å². The van der Waals surface area contributed by atoms with Crippen LogP contribution in [0.1, 0.15) is 20.3 Å². The second kappa shape index (κ2) is 8.23. The Labute approximate surface area is 129 Å². The molecule has 2 nitrogen and oxygen atoms in total. The van der Waals surface area contributed by atoms with Gasteiger partial charge >= 0.3 is 13.4 Å². The van der Waals surface area contributed by atoms with E-state index >= 15 is 0 Å². The van der Waals surface area contributed by atoms with E-state index in [1.165, 1.54) is 22.6 Å². The highest BCUT2D eigenvalue weighted by Crippen LogP contribution is 2.39. The van der Waals surface area contributed by atoms with Crippen LogP contribution in [0.25, 0.3) is 0 Å². The number of rotatable bonds is 8. The van der Waals surface area contributed by atoms with Crippen molar-refractivity contribution in [1.29, 1.82) is 0 Å². The van der Waals surface area contributed by atoms with Crippen molar-refractivity contribution in [3.63, 3.8) is 0 Å². The van der Waals surface area contributed by atoms with Crippen LogP contribution < -0.4 is 0 Å². The van der Waals surface area contributed by atoms with Gasteiger partial charge in [-0.05, 0) is 71.4 Å². The maximum Gasteiger partial charge on any atom is 0.335 e. The van der Waals surface area contributed by atoms with Gasteiger partial charge in [-0.2, -0.15) is 13.2 Å². The molecule has 0 saturated heterocycles. The Morgan fingerprint density at radius 2 is 1.72 bits per heavy atom. The first-order chi connectivity index (χ1) is 8.16. The lowest BCUT2D eigenvalue weighted by atomic mass is 10.2. The second-order valence-corrected chi connectivity index (χ2v) is 9.02. The monoisotopic (exact) mass is 460 g/mol. The highest BCUT2D eigenvalue weighted by Gasteiger charge is 2.37. The maximum absolute atomic E-state index is 13.1.